The largest absolute Gasteiger partial charge is 0.327 e. The first-order valence-electron chi connectivity index (χ1n) is 6.58. The van der Waals surface area contributed by atoms with Gasteiger partial charge in [0.25, 0.3) is 0 Å². The van der Waals surface area contributed by atoms with Crippen LogP contribution in [0.3, 0.4) is 0 Å². The van der Waals surface area contributed by atoms with Crippen LogP contribution in [0, 0.1) is 27.1 Å². The zero-order valence-corrected chi connectivity index (χ0v) is 12.6. The van der Waals surface area contributed by atoms with Crippen LogP contribution in [0.4, 0.5) is 10.1 Å². The number of nitrogens with two attached hydrogens (primary N) is 1. The van der Waals surface area contributed by atoms with Crippen molar-refractivity contribution >= 4 is 34.2 Å². The van der Waals surface area contributed by atoms with Gasteiger partial charge in [0.05, 0.1) is 11.6 Å². The number of carbonyl (C=O) groups excluding carboxylic acids is 1. The molecule has 0 aliphatic heterocycles. The maximum atomic E-state index is 13.0. The van der Waals surface area contributed by atoms with Crippen LogP contribution in [-0.2, 0) is 4.79 Å². The Balaban J connectivity index is 1.75. The summed E-state index contributed by atoms with van der Waals surface area (Å²) in [6.07, 6.45) is 3.35. The topological polar surface area (TPSA) is 55.1 Å². The normalized spacial score (nSPS) is 32.6. The molecule has 0 radical (unpaired) electrons. The second kappa shape index (κ2) is 5.01. The number of benzene rings is 1. The first-order valence-corrected chi connectivity index (χ1v) is 7.65. The van der Waals surface area contributed by atoms with Crippen LogP contribution in [0.25, 0.3) is 0 Å². The first kappa shape index (κ1) is 13.3. The Morgan fingerprint density at radius 2 is 2.11 bits per heavy atom. The summed E-state index contributed by atoms with van der Waals surface area (Å²) < 4.78 is 13.7. The Hall–Kier alpha value is -0.690. The molecule has 0 aromatic heterocycles. The van der Waals surface area contributed by atoms with E-state index in [1.54, 1.807) is 6.07 Å². The lowest BCUT2D eigenvalue weighted by molar-refractivity contribution is -0.121. The molecule has 1 amide bonds. The van der Waals surface area contributed by atoms with Gasteiger partial charge in [-0.2, -0.15) is 0 Å². The van der Waals surface area contributed by atoms with E-state index in [0.29, 0.717) is 21.1 Å². The number of fused-ring (bicyclic) bond motifs is 2. The zero-order valence-electron chi connectivity index (χ0n) is 10.4. The average molecular weight is 374 g/mol. The van der Waals surface area contributed by atoms with Gasteiger partial charge in [0, 0.05) is 9.61 Å². The minimum atomic E-state index is -0.293. The van der Waals surface area contributed by atoms with E-state index < -0.39 is 0 Å². The molecule has 0 heterocycles. The van der Waals surface area contributed by atoms with Crippen LogP contribution in [0.15, 0.2) is 18.2 Å². The van der Waals surface area contributed by atoms with Crippen molar-refractivity contribution in [1.29, 1.82) is 0 Å². The van der Waals surface area contributed by atoms with Crippen LogP contribution in [-0.4, -0.2) is 11.9 Å². The zero-order chi connectivity index (χ0) is 13.6. The molecule has 19 heavy (non-hydrogen) atoms. The van der Waals surface area contributed by atoms with E-state index >= 15 is 0 Å². The summed E-state index contributed by atoms with van der Waals surface area (Å²) in [6.45, 7) is 0. The lowest BCUT2D eigenvalue weighted by Crippen LogP contribution is -2.42. The van der Waals surface area contributed by atoms with E-state index in [0.717, 1.165) is 19.3 Å². The van der Waals surface area contributed by atoms with Crippen LogP contribution in [0.1, 0.15) is 19.3 Å². The average Bonchev–Trinajstić information content (AvgIpc) is 2.93. The van der Waals surface area contributed by atoms with Crippen molar-refractivity contribution in [2.75, 3.05) is 5.32 Å². The highest BCUT2D eigenvalue weighted by molar-refractivity contribution is 14.1. The highest BCUT2D eigenvalue weighted by Gasteiger charge is 2.49. The lowest BCUT2D eigenvalue weighted by atomic mass is 9.84. The number of anilines is 1. The SMILES string of the molecule is NC1C2CCC(C2)C1C(=O)Nc1ccc(F)cc1I. The molecule has 3 rings (SSSR count). The van der Waals surface area contributed by atoms with Crippen LogP contribution in [0.5, 0.6) is 0 Å². The number of carbonyl (C=O) groups is 1. The molecule has 2 aliphatic rings. The summed E-state index contributed by atoms with van der Waals surface area (Å²) in [5, 5.41) is 2.90. The molecular formula is C14H16FIN2O. The Kier molecular flexibility index (Phi) is 3.51. The van der Waals surface area contributed by atoms with Crippen molar-refractivity contribution < 1.29 is 9.18 Å². The minimum absolute atomic E-state index is 0.00998. The van der Waals surface area contributed by atoms with E-state index in [9.17, 15) is 9.18 Å². The molecule has 3 N–H and O–H groups in total. The van der Waals surface area contributed by atoms with Crippen molar-refractivity contribution in [3.63, 3.8) is 0 Å². The Labute approximate surface area is 125 Å². The highest BCUT2D eigenvalue weighted by atomic mass is 127. The smallest absolute Gasteiger partial charge is 0.229 e. The van der Waals surface area contributed by atoms with Crippen molar-refractivity contribution in [1.82, 2.24) is 0 Å². The quantitative estimate of drug-likeness (QED) is 0.783. The van der Waals surface area contributed by atoms with Gasteiger partial charge < -0.3 is 11.1 Å². The van der Waals surface area contributed by atoms with E-state index in [1.807, 2.05) is 22.6 Å². The summed E-state index contributed by atoms with van der Waals surface area (Å²) in [5.74, 6) is 0.550. The molecule has 2 fully saturated rings. The number of halogens is 2. The lowest BCUT2D eigenvalue weighted by Gasteiger charge is -2.27. The molecule has 0 spiro atoms. The summed E-state index contributed by atoms with van der Waals surface area (Å²) in [4.78, 5) is 12.4. The van der Waals surface area contributed by atoms with Crippen LogP contribution in [0.2, 0.25) is 0 Å². The van der Waals surface area contributed by atoms with Crippen LogP contribution >= 0.6 is 22.6 Å². The van der Waals surface area contributed by atoms with E-state index in [4.69, 9.17) is 5.73 Å². The Morgan fingerprint density at radius 3 is 2.74 bits per heavy atom. The number of nitrogens with one attached hydrogen (secondary N) is 1. The van der Waals surface area contributed by atoms with Gasteiger partial charge in [-0.1, -0.05) is 0 Å². The van der Waals surface area contributed by atoms with Gasteiger partial charge in [0.15, 0.2) is 0 Å². The Morgan fingerprint density at radius 1 is 1.37 bits per heavy atom. The van der Waals surface area contributed by atoms with Crippen molar-refractivity contribution in [3.05, 3.63) is 27.6 Å². The molecule has 4 atom stereocenters. The third-order valence-electron chi connectivity index (χ3n) is 4.47. The van der Waals surface area contributed by atoms with Crippen molar-refractivity contribution in [2.45, 2.75) is 25.3 Å². The molecule has 1 aromatic rings. The fraction of sp³-hybridized carbons (Fsp3) is 0.500. The summed E-state index contributed by atoms with van der Waals surface area (Å²) in [7, 11) is 0. The van der Waals surface area contributed by atoms with Crippen molar-refractivity contribution in [3.8, 4) is 0 Å². The van der Waals surface area contributed by atoms with E-state index in [2.05, 4.69) is 5.32 Å². The van der Waals surface area contributed by atoms with Gasteiger partial charge in [-0.05, 0) is 71.9 Å². The van der Waals surface area contributed by atoms with Crippen molar-refractivity contribution in [2.24, 2.45) is 23.5 Å². The summed E-state index contributed by atoms with van der Waals surface area (Å²) in [5.41, 5.74) is 6.83. The predicted molar refractivity (Wildman–Crippen MR) is 80.0 cm³/mol. The molecule has 102 valence electrons. The molecule has 1 aromatic carbocycles. The maximum Gasteiger partial charge on any atom is 0.229 e. The molecule has 3 nitrogen and oxygen atoms in total. The van der Waals surface area contributed by atoms with E-state index in [-0.39, 0.29) is 23.7 Å². The third-order valence-corrected chi connectivity index (χ3v) is 5.36. The number of hydrogen-bond donors (Lipinski definition) is 2. The molecule has 4 unspecified atom stereocenters. The number of hydrogen-bond acceptors (Lipinski definition) is 2. The molecular weight excluding hydrogens is 358 g/mol. The number of rotatable bonds is 2. The fourth-order valence-electron chi connectivity index (χ4n) is 3.53. The summed E-state index contributed by atoms with van der Waals surface area (Å²) in [6, 6.07) is 4.36. The van der Waals surface area contributed by atoms with E-state index in [1.165, 1.54) is 12.1 Å². The third kappa shape index (κ3) is 2.38. The summed E-state index contributed by atoms with van der Waals surface area (Å²) >= 11 is 2.03. The first-order chi connectivity index (χ1) is 9.06. The molecule has 2 aliphatic carbocycles. The number of amides is 1. The minimum Gasteiger partial charge on any atom is -0.327 e. The standard InChI is InChI=1S/C14H16FIN2O/c15-9-3-4-11(10(16)6-9)18-14(19)12-7-1-2-8(5-7)13(12)17/h3-4,6-8,12-13H,1-2,5,17H2,(H,18,19). The second-order valence-electron chi connectivity index (χ2n) is 5.55. The van der Waals surface area contributed by atoms with Gasteiger partial charge in [0.2, 0.25) is 5.91 Å². The van der Waals surface area contributed by atoms with Gasteiger partial charge in [0.1, 0.15) is 5.82 Å². The fourth-order valence-corrected chi connectivity index (χ4v) is 4.14. The Bertz CT molecular complexity index is 520. The molecule has 5 heteroatoms. The molecule has 2 bridgehead atoms. The van der Waals surface area contributed by atoms with Gasteiger partial charge in [-0.25, -0.2) is 4.39 Å². The second-order valence-corrected chi connectivity index (χ2v) is 6.71. The van der Waals surface area contributed by atoms with Gasteiger partial charge in [-0.3, -0.25) is 4.79 Å². The van der Waals surface area contributed by atoms with Gasteiger partial charge >= 0.3 is 0 Å². The monoisotopic (exact) mass is 374 g/mol. The predicted octanol–water partition coefficient (Wildman–Crippen LogP) is 2.74. The highest BCUT2D eigenvalue weighted by Crippen LogP contribution is 2.47. The van der Waals surface area contributed by atoms with Crippen LogP contribution < -0.4 is 11.1 Å². The molecule has 2 saturated carbocycles. The maximum absolute atomic E-state index is 13.0. The van der Waals surface area contributed by atoms with Gasteiger partial charge in [-0.15, -0.1) is 0 Å². The molecule has 0 saturated heterocycles.